The van der Waals surface area contributed by atoms with Crippen molar-refractivity contribution in [3.63, 3.8) is 0 Å². The van der Waals surface area contributed by atoms with Gasteiger partial charge in [0.05, 0.1) is 11.3 Å². The van der Waals surface area contributed by atoms with E-state index in [9.17, 15) is 17.6 Å². The maximum atomic E-state index is 13.7. The van der Waals surface area contributed by atoms with E-state index in [0.717, 1.165) is 6.07 Å². The molecule has 116 valence electrons. The van der Waals surface area contributed by atoms with E-state index in [1.54, 1.807) is 6.92 Å². The molecule has 0 aliphatic carbocycles. The molecule has 0 atom stereocenters. The van der Waals surface area contributed by atoms with Crippen LogP contribution in [0.15, 0.2) is 18.2 Å². The van der Waals surface area contributed by atoms with Gasteiger partial charge in [-0.15, -0.1) is 0 Å². The Morgan fingerprint density at radius 3 is 2.43 bits per heavy atom. The number of carbonyl (C=O) groups is 1. The third-order valence-electron chi connectivity index (χ3n) is 3.45. The second-order valence-corrected chi connectivity index (χ2v) is 7.41. The van der Waals surface area contributed by atoms with Crippen LogP contribution < -0.4 is 0 Å². The molecule has 0 unspecified atom stereocenters. The number of halogens is 2. The summed E-state index contributed by atoms with van der Waals surface area (Å²) in [6.07, 6.45) is 0. The van der Waals surface area contributed by atoms with Gasteiger partial charge in [-0.05, 0) is 25.1 Å². The third kappa shape index (κ3) is 3.53. The quantitative estimate of drug-likeness (QED) is 0.843. The monoisotopic (exact) mass is 334 g/mol. The number of benzene rings is 1. The molecule has 0 saturated carbocycles. The Balaban J connectivity index is 2.07. The molecule has 8 heteroatoms. The zero-order chi connectivity index (χ0) is 15.6. The van der Waals surface area contributed by atoms with Crippen molar-refractivity contribution in [2.75, 3.05) is 31.9 Å². The molecule has 0 N–H and O–H groups in total. The van der Waals surface area contributed by atoms with Gasteiger partial charge in [0.25, 0.3) is 5.91 Å². The van der Waals surface area contributed by atoms with Crippen LogP contribution in [-0.2, 0) is 10.0 Å². The second kappa shape index (κ2) is 6.29. The summed E-state index contributed by atoms with van der Waals surface area (Å²) in [7, 11) is -3.24. The highest BCUT2D eigenvalue weighted by Gasteiger charge is 2.28. The highest BCUT2D eigenvalue weighted by Crippen LogP contribution is 2.18. The molecule has 2 rings (SSSR count). The predicted molar refractivity (Wildman–Crippen MR) is 78.3 cm³/mol. The maximum absolute atomic E-state index is 13.7. The van der Waals surface area contributed by atoms with Gasteiger partial charge < -0.3 is 4.90 Å². The molecule has 1 aliphatic heterocycles. The topological polar surface area (TPSA) is 57.7 Å². The van der Waals surface area contributed by atoms with Gasteiger partial charge in [0, 0.05) is 31.2 Å². The summed E-state index contributed by atoms with van der Waals surface area (Å²) in [4.78, 5) is 13.7. The van der Waals surface area contributed by atoms with Gasteiger partial charge >= 0.3 is 0 Å². The van der Waals surface area contributed by atoms with Crippen molar-refractivity contribution in [3.8, 4) is 0 Å². The van der Waals surface area contributed by atoms with E-state index in [-0.39, 0.29) is 42.5 Å². The highest BCUT2D eigenvalue weighted by molar-refractivity contribution is 7.89. The molecule has 0 spiro atoms. The van der Waals surface area contributed by atoms with Crippen LogP contribution >= 0.6 is 11.6 Å². The van der Waals surface area contributed by atoms with Gasteiger partial charge in [0.1, 0.15) is 5.82 Å². The second-order valence-electron chi connectivity index (χ2n) is 4.72. The number of rotatable bonds is 3. The number of nitrogens with zero attached hydrogens (tertiary/aromatic N) is 2. The number of sulfonamides is 1. The highest BCUT2D eigenvalue weighted by atomic mass is 35.5. The number of amides is 1. The van der Waals surface area contributed by atoms with Gasteiger partial charge in [-0.25, -0.2) is 12.8 Å². The molecule has 1 aromatic carbocycles. The van der Waals surface area contributed by atoms with Crippen molar-refractivity contribution in [1.82, 2.24) is 9.21 Å². The van der Waals surface area contributed by atoms with Gasteiger partial charge in [-0.3, -0.25) is 4.79 Å². The summed E-state index contributed by atoms with van der Waals surface area (Å²) in [6, 6.07) is 3.89. The lowest BCUT2D eigenvalue weighted by molar-refractivity contribution is 0.0693. The van der Waals surface area contributed by atoms with Crippen molar-refractivity contribution in [3.05, 3.63) is 34.6 Å². The Morgan fingerprint density at radius 1 is 1.29 bits per heavy atom. The van der Waals surface area contributed by atoms with E-state index in [0.29, 0.717) is 0 Å². The Labute approximate surface area is 128 Å². The Hall–Kier alpha value is -1.18. The fourth-order valence-corrected chi connectivity index (χ4v) is 3.43. The molecule has 1 saturated heterocycles. The summed E-state index contributed by atoms with van der Waals surface area (Å²) in [5, 5.41) is 0.225. The number of carbonyl (C=O) groups excluding carboxylic acids is 1. The zero-order valence-electron chi connectivity index (χ0n) is 11.6. The minimum atomic E-state index is -3.24. The molecule has 1 aliphatic rings. The first-order chi connectivity index (χ1) is 9.85. The minimum absolute atomic E-state index is 0.0345. The zero-order valence-corrected chi connectivity index (χ0v) is 13.1. The minimum Gasteiger partial charge on any atom is -0.336 e. The van der Waals surface area contributed by atoms with Gasteiger partial charge in [0.2, 0.25) is 10.0 Å². The Bertz CT molecular complexity index is 643. The van der Waals surface area contributed by atoms with E-state index >= 15 is 0 Å². The molecule has 1 amide bonds. The predicted octanol–water partition coefficient (Wildman–Crippen LogP) is 1.59. The molecule has 21 heavy (non-hydrogen) atoms. The van der Waals surface area contributed by atoms with Crippen molar-refractivity contribution >= 4 is 27.5 Å². The first-order valence-corrected chi connectivity index (χ1v) is 8.56. The summed E-state index contributed by atoms with van der Waals surface area (Å²) >= 11 is 5.65. The SMILES string of the molecule is CCS(=O)(=O)N1CCN(C(=O)c2ccc(Cl)cc2F)CC1. The molecule has 1 aromatic rings. The van der Waals surface area contributed by atoms with E-state index < -0.39 is 21.7 Å². The van der Waals surface area contributed by atoms with Crippen molar-refractivity contribution in [1.29, 1.82) is 0 Å². The van der Waals surface area contributed by atoms with Gasteiger partial charge in [-0.1, -0.05) is 11.6 Å². The van der Waals surface area contributed by atoms with E-state index in [4.69, 9.17) is 11.6 Å². The van der Waals surface area contributed by atoms with Crippen LogP contribution in [0.1, 0.15) is 17.3 Å². The average molecular weight is 335 g/mol. The normalized spacial score (nSPS) is 17.0. The van der Waals surface area contributed by atoms with Crippen LogP contribution in [0.2, 0.25) is 5.02 Å². The number of hydrogen-bond acceptors (Lipinski definition) is 3. The summed E-state index contributed by atoms with van der Waals surface area (Å²) in [6.45, 7) is 2.55. The first-order valence-electron chi connectivity index (χ1n) is 6.57. The molecule has 5 nitrogen and oxygen atoms in total. The fraction of sp³-hybridized carbons (Fsp3) is 0.462. The van der Waals surface area contributed by atoms with E-state index in [2.05, 4.69) is 0 Å². The van der Waals surface area contributed by atoms with E-state index in [1.807, 2.05) is 0 Å². The van der Waals surface area contributed by atoms with Crippen molar-refractivity contribution in [2.45, 2.75) is 6.92 Å². The van der Waals surface area contributed by atoms with Crippen LogP contribution in [0.5, 0.6) is 0 Å². The molecule has 0 bridgehead atoms. The van der Waals surface area contributed by atoms with E-state index in [1.165, 1.54) is 21.3 Å². The number of piperazine rings is 1. The summed E-state index contributed by atoms with van der Waals surface area (Å²) in [5.41, 5.74) is -0.0498. The van der Waals surface area contributed by atoms with Gasteiger partial charge in [0.15, 0.2) is 0 Å². The lowest BCUT2D eigenvalue weighted by Crippen LogP contribution is -2.51. The smallest absolute Gasteiger partial charge is 0.256 e. The van der Waals surface area contributed by atoms with Crippen LogP contribution in [0.3, 0.4) is 0 Å². The molecule has 1 fully saturated rings. The molecule has 0 aromatic heterocycles. The van der Waals surface area contributed by atoms with Crippen molar-refractivity contribution in [2.24, 2.45) is 0 Å². The average Bonchev–Trinajstić information content (AvgIpc) is 2.47. The van der Waals surface area contributed by atoms with Gasteiger partial charge in [-0.2, -0.15) is 4.31 Å². The standard InChI is InChI=1S/C13H16ClFN2O3S/c1-2-21(19,20)17-7-5-16(6-8-17)13(18)11-4-3-10(14)9-12(11)15/h3-4,9H,2,5-8H2,1H3. The van der Waals surface area contributed by atoms with Crippen molar-refractivity contribution < 1.29 is 17.6 Å². The Kier molecular flexibility index (Phi) is 4.85. The third-order valence-corrected chi connectivity index (χ3v) is 5.56. The number of hydrogen-bond donors (Lipinski definition) is 0. The summed E-state index contributed by atoms with van der Waals surface area (Å²) in [5.74, 6) is -1.08. The Morgan fingerprint density at radius 2 is 1.90 bits per heavy atom. The first kappa shape index (κ1) is 16.2. The summed E-state index contributed by atoms with van der Waals surface area (Å²) < 4.78 is 38.6. The lowest BCUT2D eigenvalue weighted by atomic mass is 10.1. The van der Waals surface area contributed by atoms with Crippen LogP contribution in [-0.4, -0.2) is 55.5 Å². The lowest BCUT2D eigenvalue weighted by Gasteiger charge is -2.33. The fourth-order valence-electron chi connectivity index (χ4n) is 2.19. The molecule has 0 radical (unpaired) electrons. The molecule has 1 heterocycles. The van der Waals surface area contributed by atoms with Crippen LogP contribution in [0, 0.1) is 5.82 Å². The van der Waals surface area contributed by atoms with Crippen LogP contribution in [0.25, 0.3) is 0 Å². The van der Waals surface area contributed by atoms with Crippen LogP contribution in [0.4, 0.5) is 4.39 Å². The molecular formula is C13H16ClFN2O3S. The maximum Gasteiger partial charge on any atom is 0.256 e. The largest absolute Gasteiger partial charge is 0.336 e. The molecular weight excluding hydrogens is 319 g/mol.